The molecule has 3 aromatic rings. The van der Waals surface area contributed by atoms with Crippen molar-refractivity contribution in [2.24, 2.45) is 0 Å². The Morgan fingerprint density at radius 2 is 1.71 bits per heavy atom. The molecular weight excluding hydrogens is 381 g/mol. The molecule has 0 saturated carbocycles. The monoisotopic (exact) mass is 401 g/mol. The molecule has 2 aromatic carbocycles. The molecule has 0 unspecified atom stereocenters. The van der Waals surface area contributed by atoms with Crippen molar-refractivity contribution in [1.29, 1.82) is 0 Å². The fourth-order valence-corrected chi connectivity index (χ4v) is 4.71. The predicted molar refractivity (Wildman–Crippen MR) is 102 cm³/mol. The van der Waals surface area contributed by atoms with Gasteiger partial charge in [-0.1, -0.05) is 41.6 Å². The Morgan fingerprint density at radius 3 is 2.43 bits per heavy atom. The van der Waals surface area contributed by atoms with Crippen LogP contribution < -0.4 is 0 Å². The van der Waals surface area contributed by atoms with E-state index in [2.05, 4.69) is 10.1 Å². The Bertz CT molecular complexity index is 1050. The number of hydrogen-bond donors (Lipinski definition) is 0. The number of aromatic nitrogens is 1. The van der Waals surface area contributed by atoms with Crippen molar-refractivity contribution in [3.63, 3.8) is 0 Å². The molecule has 8 heteroatoms. The van der Waals surface area contributed by atoms with E-state index < -0.39 is 15.8 Å². The molecule has 0 amide bonds. The van der Waals surface area contributed by atoms with Gasteiger partial charge in [0.2, 0.25) is 10.0 Å². The lowest BCUT2D eigenvalue weighted by Crippen LogP contribution is -2.48. The molecule has 2 heterocycles. The fourth-order valence-electron chi connectivity index (χ4n) is 3.26. The minimum absolute atomic E-state index is 0.00930. The van der Waals surface area contributed by atoms with E-state index in [4.69, 9.17) is 4.52 Å². The van der Waals surface area contributed by atoms with E-state index >= 15 is 0 Å². The van der Waals surface area contributed by atoms with Crippen LogP contribution in [-0.4, -0.2) is 49.0 Å². The van der Waals surface area contributed by atoms with Gasteiger partial charge in [-0.15, -0.1) is 0 Å². The number of hydrogen-bond acceptors (Lipinski definition) is 5. The lowest BCUT2D eigenvalue weighted by molar-refractivity contribution is 0.178. The van der Waals surface area contributed by atoms with E-state index in [1.54, 1.807) is 0 Å². The van der Waals surface area contributed by atoms with E-state index in [9.17, 15) is 12.8 Å². The van der Waals surface area contributed by atoms with E-state index in [1.807, 2.05) is 36.4 Å². The summed E-state index contributed by atoms with van der Waals surface area (Å²) in [5, 5.41) is 4.12. The highest BCUT2D eigenvalue weighted by Gasteiger charge is 2.29. The van der Waals surface area contributed by atoms with Gasteiger partial charge in [0, 0.05) is 44.4 Å². The standard InChI is InChI=1S/C20H20FN3O3S/c21-17-7-4-8-19(13-17)28(25,26)24-11-9-23(10-12-24)15-18-14-20(27-22-18)16-5-2-1-3-6-16/h1-8,13-14H,9-12,15H2. The van der Waals surface area contributed by atoms with Crippen LogP contribution in [0.15, 0.2) is 70.1 Å². The van der Waals surface area contributed by atoms with Crippen LogP contribution in [0, 0.1) is 5.82 Å². The third-order valence-electron chi connectivity index (χ3n) is 4.77. The van der Waals surface area contributed by atoms with Crippen LogP contribution in [0.2, 0.25) is 0 Å². The topological polar surface area (TPSA) is 66.7 Å². The van der Waals surface area contributed by atoms with Crippen LogP contribution in [0.4, 0.5) is 4.39 Å². The van der Waals surface area contributed by atoms with Crippen molar-refractivity contribution >= 4 is 10.0 Å². The molecule has 1 aromatic heterocycles. The maximum atomic E-state index is 13.4. The molecule has 1 fully saturated rings. The number of rotatable bonds is 5. The summed E-state index contributed by atoms with van der Waals surface area (Å²) in [7, 11) is -3.68. The average molecular weight is 401 g/mol. The van der Waals surface area contributed by atoms with Crippen molar-refractivity contribution < 1.29 is 17.3 Å². The first-order valence-electron chi connectivity index (χ1n) is 9.01. The summed E-state index contributed by atoms with van der Waals surface area (Å²) in [4.78, 5) is 2.12. The SMILES string of the molecule is O=S(=O)(c1cccc(F)c1)N1CCN(Cc2cc(-c3ccccc3)on2)CC1. The van der Waals surface area contributed by atoms with Gasteiger partial charge in [-0.2, -0.15) is 4.31 Å². The van der Waals surface area contributed by atoms with Gasteiger partial charge in [-0.3, -0.25) is 4.90 Å². The zero-order valence-electron chi connectivity index (χ0n) is 15.2. The first kappa shape index (κ1) is 18.8. The first-order chi connectivity index (χ1) is 13.5. The minimum Gasteiger partial charge on any atom is -0.356 e. The summed E-state index contributed by atoms with van der Waals surface area (Å²) in [5.41, 5.74) is 1.77. The predicted octanol–water partition coefficient (Wildman–Crippen LogP) is 2.99. The maximum absolute atomic E-state index is 13.4. The molecule has 4 rings (SSSR count). The average Bonchev–Trinajstić information content (AvgIpc) is 3.18. The van der Waals surface area contributed by atoms with Gasteiger partial charge in [0.25, 0.3) is 0 Å². The van der Waals surface area contributed by atoms with Crippen LogP contribution in [0.5, 0.6) is 0 Å². The quantitative estimate of drug-likeness (QED) is 0.658. The van der Waals surface area contributed by atoms with Gasteiger partial charge in [0.15, 0.2) is 5.76 Å². The summed E-state index contributed by atoms with van der Waals surface area (Å²) in [5.74, 6) is 0.155. The summed E-state index contributed by atoms with van der Waals surface area (Å²) in [6, 6.07) is 16.8. The summed E-state index contributed by atoms with van der Waals surface area (Å²) in [6.45, 7) is 2.43. The van der Waals surface area contributed by atoms with Crippen LogP contribution in [0.25, 0.3) is 11.3 Å². The van der Waals surface area contributed by atoms with Crippen LogP contribution in [0.1, 0.15) is 5.69 Å². The highest BCUT2D eigenvalue weighted by atomic mass is 32.2. The summed E-state index contributed by atoms with van der Waals surface area (Å²) < 4.78 is 45.6. The van der Waals surface area contributed by atoms with Gasteiger partial charge in [-0.05, 0) is 18.2 Å². The molecule has 6 nitrogen and oxygen atoms in total. The molecular formula is C20H20FN3O3S. The molecule has 1 aliphatic heterocycles. The Kier molecular flexibility index (Phi) is 5.25. The molecule has 146 valence electrons. The highest BCUT2D eigenvalue weighted by molar-refractivity contribution is 7.89. The van der Waals surface area contributed by atoms with Crippen molar-refractivity contribution in [1.82, 2.24) is 14.4 Å². The molecule has 1 saturated heterocycles. The van der Waals surface area contributed by atoms with Crippen molar-refractivity contribution in [3.05, 3.63) is 72.2 Å². The third-order valence-corrected chi connectivity index (χ3v) is 6.66. The van der Waals surface area contributed by atoms with E-state index in [0.29, 0.717) is 38.5 Å². The molecule has 0 N–H and O–H groups in total. The van der Waals surface area contributed by atoms with Crippen LogP contribution >= 0.6 is 0 Å². The smallest absolute Gasteiger partial charge is 0.243 e. The maximum Gasteiger partial charge on any atom is 0.243 e. The van der Waals surface area contributed by atoms with Gasteiger partial charge in [0.1, 0.15) is 5.82 Å². The first-order valence-corrected chi connectivity index (χ1v) is 10.5. The van der Waals surface area contributed by atoms with Crippen molar-refractivity contribution in [3.8, 4) is 11.3 Å². The summed E-state index contributed by atoms with van der Waals surface area (Å²) in [6.07, 6.45) is 0. The number of sulfonamides is 1. The zero-order valence-corrected chi connectivity index (χ0v) is 16.0. The number of halogens is 1. The molecule has 28 heavy (non-hydrogen) atoms. The van der Waals surface area contributed by atoms with E-state index in [1.165, 1.54) is 22.5 Å². The molecule has 0 aliphatic carbocycles. The van der Waals surface area contributed by atoms with E-state index in [-0.39, 0.29) is 4.90 Å². The largest absolute Gasteiger partial charge is 0.356 e. The number of piperazine rings is 1. The Morgan fingerprint density at radius 1 is 0.964 bits per heavy atom. The fraction of sp³-hybridized carbons (Fsp3) is 0.250. The molecule has 0 spiro atoms. The lowest BCUT2D eigenvalue weighted by atomic mass is 10.1. The summed E-state index contributed by atoms with van der Waals surface area (Å²) >= 11 is 0. The van der Waals surface area contributed by atoms with Crippen LogP contribution in [0.3, 0.4) is 0 Å². The van der Waals surface area contributed by atoms with Gasteiger partial charge >= 0.3 is 0 Å². The Hall–Kier alpha value is -2.55. The normalized spacial score (nSPS) is 16.3. The highest BCUT2D eigenvalue weighted by Crippen LogP contribution is 2.22. The van der Waals surface area contributed by atoms with Gasteiger partial charge in [-0.25, -0.2) is 12.8 Å². The Labute approximate surface area is 163 Å². The Balaban J connectivity index is 1.38. The molecule has 0 bridgehead atoms. The molecule has 0 radical (unpaired) electrons. The van der Waals surface area contributed by atoms with Gasteiger partial charge < -0.3 is 4.52 Å². The van der Waals surface area contributed by atoms with Crippen molar-refractivity contribution in [2.45, 2.75) is 11.4 Å². The molecule has 1 aliphatic rings. The molecule has 0 atom stereocenters. The van der Waals surface area contributed by atoms with Crippen LogP contribution in [-0.2, 0) is 16.6 Å². The minimum atomic E-state index is -3.68. The second kappa shape index (κ2) is 7.83. The third kappa shape index (κ3) is 3.99. The van der Waals surface area contributed by atoms with Crippen molar-refractivity contribution in [2.75, 3.05) is 26.2 Å². The lowest BCUT2D eigenvalue weighted by Gasteiger charge is -2.33. The number of benzene rings is 2. The zero-order chi connectivity index (χ0) is 19.6. The second-order valence-electron chi connectivity index (χ2n) is 6.69. The number of nitrogens with zero attached hydrogens (tertiary/aromatic N) is 3. The second-order valence-corrected chi connectivity index (χ2v) is 8.62. The van der Waals surface area contributed by atoms with Gasteiger partial charge in [0.05, 0.1) is 10.6 Å². The van der Waals surface area contributed by atoms with E-state index in [0.717, 1.165) is 17.3 Å².